The predicted molar refractivity (Wildman–Crippen MR) is 78.7 cm³/mol. The molecule has 8 heteroatoms. The van der Waals surface area contributed by atoms with E-state index < -0.39 is 22.0 Å². The van der Waals surface area contributed by atoms with Crippen molar-refractivity contribution >= 4 is 21.7 Å². The Bertz CT molecular complexity index is 595. The number of nitrogens with one attached hydrogen (secondary N) is 1. The van der Waals surface area contributed by atoms with Gasteiger partial charge >= 0.3 is 5.97 Å². The third-order valence-electron chi connectivity index (χ3n) is 2.85. The summed E-state index contributed by atoms with van der Waals surface area (Å²) in [5.74, 6) is -1.32. The van der Waals surface area contributed by atoms with Gasteiger partial charge in [0.2, 0.25) is 10.0 Å². The maximum atomic E-state index is 12.4. The highest BCUT2D eigenvalue weighted by Crippen LogP contribution is 2.20. The molecule has 0 heterocycles. The first-order valence-electron chi connectivity index (χ1n) is 6.46. The lowest BCUT2D eigenvalue weighted by Gasteiger charge is -2.18. The Hall–Kier alpha value is -1.64. The minimum Gasteiger partial charge on any atom is -0.478 e. The van der Waals surface area contributed by atoms with Crippen molar-refractivity contribution in [1.29, 1.82) is 0 Å². The zero-order chi connectivity index (χ0) is 16.0. The van der Waals surface area contributed by atoms with Crippen molar-refractivity contribution in [2.45, 2.75) is 30.7 Å². The van der Waals surface area contributed by atoms with Gasteiger partial charge in [0.15, 0.2) is 0 Å². The Morgan fingerprint density at radius 3 is 2.67 bits per heavy atom. The highest BCUT2D eigenvalue weighted by molar-refractivity contribution is 7.89. The number of methoxy groups -OCH3 is 1. The molecule has 0 aromatic heterocycles. The number of sulfonamides is 1. The van der Waals surface area contributed by atoms with Gasteiger partial charge in [0.1, 0.15) is 0 Å². The van der Waals surface area contributed by atoms with Crippen LogP contribution in [0.5, 0.6) is 0 Å². The molecule has 21 heavy (non-hydrogen) atoms. The van der Waals surface area contributed by atoms with Gasteiger partial charge in [-0.25, -0.2) is 17.9 Å². The summed E-state index contributed by atoms with van der Waals surface area (Å²) in [7, 11) is -2.52. The molecule has 1 rings (SSSR count). The van der Waals surface area contributed by atoms with Gasteiger partial charge in [-0.15, -0.1) is 0 Å². The molecule has 1 unspecified atom stereocenters. The molecule has 4 N–H and O–H groups in total. The molecule has 118 valence electrons. The molecule has 1 aromatic rings. The number of benzene rings is 1. The van der Waals surface area contributed by atoms with Crippen molar-refractivity contribution in [3.63, 3.8) is 0 Å². The fourth-order valence-electron chi connectivity index (χ4n) is 1.95. The van der Waals surface area contributed by atoms with E-state index in [0.717, 1.165) is 12.5 Å². The Morgan fingerprint density at radius 1 is 1.48 bits per heavy atom. The Morgan fingerprint density at radius 2 is 2.14 bits per heavy atom. The van der Waals surface area contributed by atoms with Gasteiger partial charge in [-0.1, -0.05) is 13.3 Å². The first kappa shape index (κ1) is 17.4. The van der Waals surface area contributed by atoms with Crippen molar-refractivity contribution in [3.8, 4) is 0 Å². The molecule has 0 aliphatic carbocycles. The zero-order valence-corrected chi connectivity index (χ0v) is 12.8. The molecule has 0 aliphatic heterocycles. The van der Waals surface area contributed by atoms with E-state index in [0.29, 0.717) is 6.42 Å². The van der Waals surface area contributed by atoms with Crippen LogP contribution in [-0.4, -0.2) is 39.3 Å². The van der Waals surface area contributed by atoms with E-state index in [2.05, 4.69) is 4.72 Å². The average Bonchev–Trinajstić information content (AvgIpc) is 2.38. The van der Waals surface area contributed by atoms with Gasteiger partial charge in [-0.3, -0.25) is 0 Å². The van der Waals surface area contributed by atoms with E-state index >= 15 is 0 Å². The van der Waals surface area contributed by atoms with Gasteiger partial charge in [-0.05, 0) is 24.6 Å². The van der Waals surface area contributed by atoms with Crippen LogP contribution in [0.1, 0.15) is 30.1 Å². The molecule has 0 saturated carbocycles. The third-order valence-corrected chi connectivity index (χ3v) is 4.41. The van der Waals surface area contributed by atoms with E-state index in [4.69, 9.17) is 15.6 Å². The van der Waals surface area contributed by atoms with Crippen molar-refractivity contribution in [2.24, 2.45) is 0 Å². The molecule has 0 spiro atoms. The number of rotatable bonds is 8. The zero-order valence-electron chi connectivity index (χ0n) is 12.0. The van der Waals surface area contributed by atoms with Crippen LogP contribution >= 0.6 is 0 Å². The molecule has 0 bridgehead atoms. The van der Waals surface area contributed by atoms with Crippen molar-refractivity contribution < 1.29 is 23.1 Å². The van der Waals surface area contributed by atoms with Crippen LogP contribution in [0.25, 0.3) is 0 Å². The number of ether oxygens (including phenoxy) is 1. The molecular formula is C13H20N2O5S. The Kier molecular flexibility index (Phi) is 6.13. The van der Waals surface area contributed by atoms with Crippen LogP contribution in [0.3, 0.4) is 0 Å². The van der Waals surface area contributed by atoms with Crippen molar-refractivity contribution in [2.75, 3.05) is 19.5 Å². The molecule has 1 aromatic carbocycles. The summed E-state index contributed by atoms with van der Waals surface area (Å²) < 4.78 is 32.2. The number of hydrogen-bond acceptors (Lipinski definition) is 5. The predicted octanol–water partition coefficient (Wildman–Crippen LogP) is 1.06. The summed E-state index contributed by atoms with van der Waals surface area (Å²) in [6.45, 7) is 2.12. The second kappa shape index (κ2) is 7.39. The smallest absolute Gasteiger partial charge is 0.337 e. The lowest BCUT2D eigenvalue weighted by Crippen LogP contribution is -2.38. The third kappa shape index (κ3) is 4.69. The number of anilines is 1. The normalized spacial score (nSPS) is 13.0. The highest BCUT2D eigenvalue weighted by Gasteiger charge is 2.25. The minimum absolute atomic E-state index is 0.180. The maximum Gasteiger partial charge on any atom is 0.337 e. The van der Waals surface area contributed by atoms with Crippen LogP contribution in [-0.2, 0) is 14.8 Å². The fraction of sp³-hybridized carbons (Fsp3) is 0.462. The molecule has 0 amide bonds. The summed E-state index contributed by atoms with van der Waals surface area (Å²) in [5.41, 5.74) is 5.43. The largest absolute Gasteiger partial charge is 0.478 e. The van der Waals surface area contributed by atoms with Crippen LogP contribution < -0.4 is 10.5 Å². The van der Waals surface area contributed by atoms with Gasteiger partial charge in [0.25, 0.3) is 0 Å². The standard InChI is InChI=1S/C13H20N2O5S/c1-3-4-10(8-20-2)15-21(18,19)12-7-9(14)5-6-11(12)13(16)17/h5-7,10,15H,3-4,8,14H2,1-2H3,(H,16,17). The number of aromatic carboxylic acids is 1. The lowest BCUT2D eigenvalue weighted by molar-refractivity contribution is 0.0692. The molecule has 7 nitrogen and oxygen atoms in total. The molecular weight excluding hydrogens is 296 g/mol. The second-order valence-corrected chi connectivity index (χ2v) is 6.31. The molecule has 0 fully saturated rings. The molecule has 0 aliphatic rings. The summed E-state index contributed by atoms with van der Waals surface area (Å²) in [6.07, 6.45) is 1.34. The number of hydrogen-bond donors (Lipinski definition) is 3. The highest BCUT2D eigenvalue weighted by atomic mass is 32.2. The Balaban J connectivity index is 3.17. The SMILES string of the molecule is CCCC(COC)NS(=O)(=O)c1cc(N)ccc1C(=O)O. The lowest BCUT2D eigenvalue weighted by atomic mass is 10.2. The monoisotopic (exact) mass is 316 g/mol. The second-order valence-electron chi connectivity index (χ2n) is 4.62. The molecule has 0 radical (unpaired) electrons. The van der Waals surface area contributed by atoms with Gasteiger partial charge in [-0.2, -0.15) is 0 Å². The number of carboxylic acid groups (broad SMARTS) is 1. The summed E-state index contributed by atoms with van der Waals surface area (Å²) in [4.78, 5) is 10.8. The number of nitrogen functional groups attached to an aromatic ring is 1. The topological polar surface area (TPSA) is 119 Å². The fourth-order valence-corrected chi connectivity index (χ4v) is 3.43. The quantitative estimate of drug-likeness (QED) is 0.617. The van der Waals surface area contributed by atoms with Crippen LogP contribution in [0, 0.1) is 0 Å². The van der Waals surface area contributed by atoms with E-state index in [9.17, 15) is 13.2 Å². The van der Waals surface area contributed by atoms with Gasteiger partial charge < -0.3 is 15.6 Å². The number of carboxylic acids is 1. The van der Waals surface area contributed by atoms with Gasteiger partial charge in [0, 0.05) is 18.8 Å². The van der Waals surface area contributed by atoms with E-state index in [1.807, 2.05) is 6.92 Å². The first-order valence-corrected chi connectivity index (χ1v) is 7.94. The molecule has 1 atom stereocenters. The number of nitrogens with two attached hydrogens (primary N) is 1. The van der Waals surface area contributed by atoms with Crippen LogP contribution in [0.15, 0.2) is 23.1 Å². The summed E-state index contributed by atoms with van der Waals surface area (Å²) >= 11 is 0. The van der Waals surface area contributed by atoms with E-state index in [1.165, 1.54) is 19.2 Å². The Labute approximate surface area is 124 Å². The minimum atomic E-state index is -3.99. The van der Waals surface area contributed by atoms with Crippen LogP contribution in [0.4, 0.5) is 5.69 Å². The number of carbonyl (C=O) groups is 1. The van der Waals surface area contributed by atoms with Crippen molar-refractivity contribution in [1.82, 2.24) is 4.72 Å². The first-order chi connectivity index (χ1) is 9.81. The average molecular weight is 316 g/mol. The van der Waals surface area contributed by atoms with Crippen molar-refractivity contribution in [3.05, 3.63) is 23.8 Å². The molecule has 0 saturated heterocycles. The maximum absolute atomic E-state index is 12.4. The summed E-state index contributed by atoms with van der Waals surface area (Å²) in [6, 6.07) is 3.24. The van der Waals surface area contributed by atoms with Gasteiger partial charge in [0.05, 0.1) is 17.1 Å². The van der Waals surface area contributed by atoms with E-state index in [1.54, 1.807) is 0 Å². The summed E-state index contributed by atoms with van der Waals surface area (Å²) in [5, 5.41) is 9.10. The van der Waals surface area contributed by atoms with E-state index in [-0.39, 0.29) is 22.8 Å². The van der Waals surface area contributed by atoms with Crippen LogP contribution in [0.2, 0.25) is 0 Å².